The zero-order valence-corrected chi connectivity index (χ0v) is 16.1. The molecule has 0 radical (unpaired) electrons. The summed E-state index contributed by atoms with van der Waals surface area (Å²) in [5.41, 5.74) is 0.587. The first-order valence-electron chi connectivity index (χ1n) is 9.07. The molecule has 0 aliphatic heterocycles. The first-order valence-corrected chi connectivity index (χ1v) is 9.86. The van der Waals surface area contributed by atoms with E-state index in [0.29, 0.717) is 31.4 Å². The van der Waals surface area contributed by atoms with Crippen molar-refractivity contribution in [2.24, 2.45) is 0 Å². The van der Waals surface area contributed by atoms with Crippen molar-refractivity contribution in [2.75, 3.05) is 19.7 Å². The fourth-order valence-electron chi connectivity index (χ4n) is 2.86. The third kappa shape index (κ3) is 8.01. The van der Waals surface area contributed by atoms with Crippen LogP contribution < -0.4 is 10.6 Å². The number of amides is 2. The van der Waals surface area contributed by atoms with Gasteiger partial charge < -0.3 is 15.4 Å². The molecule has 0 unspecified atom stereocenters. The van der Waals surface area contributed by atoms with Gasteiger partial charge in [-0.3, -0.25) is 9.59 Å². The lowest BCUT2D eigenvalue weighted by Gasteiger charge is -2.21. The minimum Gasteiger partial charge on any atom is -0.378 e. The molecule has 0 saturated heterocycles. The molecule has 1 saturated carbocycles. The largest absolute Gasteiger partial charge is 0.378 e. The lowest BCUT2D eigenvalue weighted by Crippen LogP contribution is -2.31. The standard InChI is InChI=1S/C19H27BrN2O3/c20-16-9-7-15(8-10-16)19(24)22-13-11-18(23)21-12-4-14-25-17-5-2-1-3-6-17/h7-10,17H,1-6,11-14H2,(H,21,23)(H,22,24). The van der Waals surface area contributed by atoms with Gasteiger partial charge in [-0.1, -0.05) is 35.2 Å². The summed E-state index contributed by atoms with van der Waals surface area (Å²) in [6.45, 7) is 1.65. The number of nitrogens with one attached hydrogen (secondary N) is 2. The molecule has 1 aromatic rings. The molecule has 2 N–H and O–H groups in total. The van der Waals surface area contributed by atoms with Crippen molar-refractivity contribution in [2.45, 2.75) is 51.0 Å². The Labute approximate surface area is 158 Å². The Morgan fingerprint density at radius 3 is 2.48 bits per heavy atom. The molecule has 0 bridgehead atoms. The Bertz CT molecular complexity index is 542. The van der Waals surface area contributed by atoms with Gasteiger partial charge in [0.2, 0.25) is 5.91 Å². The van der Waals surface area contributed by atoms with Crippen molar-refractivity contribution in [3.63, 3.8) is 0 Å². The zero-order valence-electron chi connectivity index (χ0n) is 14.6. The number of rotatable bonds is 9. The summed E-state index contributed by atoms with van der Waals surface area (Å²) >= 11 is 3.33. The normalized spacial score (nSPS) is 14.9. The van der Waals surface area contributed by atoms with Crippen LogP contribution in [0.1, 0.15) is 55.3 Å². The van der Waals surface area contributed by atoms with Crippen LogP contribution in [0.5, 0.6) is 0 Å². The zero-order chi connectivity index (χ0) is 17.9. The highest BCUT2D eigenvalue weighted by Gasteiger charge is 2.13. The lowest BCUT2D eigenvalue weighted by atomic mass is 9.98. The van der Waals surface area contributed by atoms with Crippen molar-refractivity contribution >= 4 is 27.7 Å². The van der Waals surface area contributed by atoms with Gasteiger partial charge in [-0.2, -0.15) is 0 Å². The van der Waals surface area contributed by atoms with Gasteiger partial charge in [0.1, 0.15) is 0 Å². The Morgan fingerprint density at radius 1 is 1.04 bits per heavy atom. The second-order valence-corrected chi connectivity index (χ2v) is 7.26. The van der Waals surface area contributed by atoms with E-state index in [1.165, 1.54) is 32.1 Å². The molecule has 1 aromatic carbocycles. The Kier molecular flexibility index (Phi) is 8.97. The molecule has 5 nitrogen and oxygen atoms in total. The second kappa shape index (κ2) is 11.3. The van der Waals surface area contributed by atoms with Crippen LogP contribution in [0.4, 0.5) is 0 Å². The summed E-state index contributed by atoms with van der Waals surface area (Å²) in [7, 11) is 0. The molecule has 0 aromatic heterocycles. The molecule has 0 spiro atoms. The number of carbonyl (C=O) groups is 2. The van der Waals surface area contributed by atoms with Crippen molar-refractivity contribution in [3.05, 3.63) is 34.3 Å². The summed E-state index contributed by atoms with van der Waals surface area (Å²) in [4.78, 5) is 23.7. The molecular formula is C19H27BrN2O3. The van der Waals surface area contributed by atoms with Gasteiger partial charge in [0.15, 0.2) is 0 Å². The van der Waals surface area contributed by atoms with Crippen LogP contribution in [0.15, 0.2) is 28.7 Å². The summed E-state index contributed by atoms with van der Waals surface area (Å²) < 4.78 is 6.75. The summed E-state index contributed by atoms with van der Waals surface area (Å²) in [6.07, 6.45) is 7.74. The van der Waals surface area contributed by atoms with E-state index in [1.54, 1.807) is 12.1 Å². The van der Waals surface area contributed by atoms with E-state index >= 15 is 0 Å². The number of hydrogen-bond donors (Lipinski definition) is 2. The van der Waals surface area contributed by atoms with Crippen molar-refractivity contribution < 1.29 is 14.3 Å². The fraction of sp³-hybridized carbons (Fsp3) is 0.579. The molecule has 1 aliphatic carbocycles. The molecule has 0 heterocycles. The fourth-order valence-corrected chi connectivity index (χ4v) is 3.13. The average molecular weight is 411 g/mol. The number of halogens is 1. The smallest absolute Gasteiger partial charge is 0.251 e. The van der Waals surface area contributed by atoms with Crippen LogP contribution in [0.25, 0.3) is 0 Å². The molecule has 2 amide bonds. The minimum absolute atomic E-state index is 0.0474. The van der Waals surface area contributed by atoms with Gasteiger partial charge in [-0.25, -0.2) is 0 Å². The molecule has 25 heavy (non-hydrogen) atoms. The van der Waals surface area contributed by atoms with E-state index in [2.05, 4.69) is 26.6 Å². The highest BCUT2D eigenvalue weighted by molar-refractivity contribution is 9.10. The third-order valence-electron chi connectivity index (χ3n) is 4.29. The van der Waals surface area contributed by atoms with Crippen LogP contribution in [0, 0.1) is 0 Å². The third-order valence-corrected chi connectivity index (χ3v) is 4.82. The van der Waals surface area contributed by atoms with E-state index in [1.807, 2.05) is 12.1 Å². The Hall–Kier alpha value is -1.40. The molecule has 6 heteroatoms. The molecule has 1 aliphatic rings. The number of carbonyl (C=O) groups excluding carboxylic acids is 2. The Balaban J connectivity index is 1.49. The predicted molar refractivity (Wildman–Crippen MR) is 102 cm³/mol. The van der Waals surface area contributed by atoms with E-state index < -0.39 is 0 Å². The summed E-state index contributed by atoms with van der Waals surface area (Å²) in [5.74, 6) is -0.213. The average Bonchev–Trinajstić information content (AvgIpc) is 2.63. The van der Waals surface area contributed by atoms with Gasteiger partial charge in [-0.05, 0) is 43.5 Å². The van der Waals surface area contributed by atoms with E-state index in [-0.39, 0.29) is 18.2 Å². The summed E-state index contributed by atoms with van der Waals surface area (Å²) in [5, 5.41) is 5.62. The topological polar surface area (TPSA) is 67.4 Å². The quantitative estimate of drug-likeness (QED) is 0.612. The van der Waals surface area contributed by atoms with Gasteiger partial charge in [0.25, 0.3) is 5.91 Å². The molecule has 2 rings (SSSR count). The first kappa shape index (κ1) is 19.9. The number of benzene rings is 1. The number of ether oxygens (including phenoxy) is 1. The van der Waals surface area contributed by atoms with Crippen LogP contribution in [0.2, 0.25) is 0 Å². The van der Waals surface area contributed by atoms with E-state index in [4.69, 9.17) is 4.74 Å². The number of hydrogen-bond acceptors (Lipinski definition) is 3. The van der Waals surface area contributed by atoms with Gasteiger partial charge >= 0.3 is 0 Å². The SMILES string of the molecule is O=C(CCNC(=O)c1ccc(Br)cc1)NCCCOC1CCCCC1. The first-order chi connectivity index (χ1) is 12.1. The van der Waals surface area contributed by atoms with Gasteiger partial charge in [0, 0.05) is 36.2 Å². The maximum Gasteiger partial charge on any atom is 0.251 e. The van der Waals surface area contributed by atoms with Crippen LogP contribution in [-0.4, -0.2) is 37.6 Å². The lowest BCUT2D eigenvalue weighted by molar-refractivity contribution is -0.121. The predicted octanol–water partition coefficient (Wildman–Crippen LogP) is 3.42. The molecular weight excluding hydrogens is 384 g/mol. The monoisotopic (exact) mass is 410 g/mol. The van der Waals surface area contributed by atoms with Crippen molar-refractivity contribution in [1.82, 2.24) is 10.6 Å². The van der Waals surface area contributed by atoms with Crippen LogP contribution in [-0.2, 0) is 9.53 Å². The van der Waals surface area contributed by atoms with E-state index in [0.717, 1.165) is 10.9 Å². The molecule has 0 atom stereocenters. The molecule has 138 valence electrons. The van der Waals surface area contributed by atoms with Crippen LogP contribution in [0.3, 0.4) is 0 Å². The Morgan fingerprint density at radius 2 is 1.76 bits per heavy atom. The highest BCUT2D eigenvalue weighted by atomic mass is 79.9. The van der Waals surface area contributed by atoms with Gasteiger partial charge in [0.05, 0.1) is 6.10 Å². The maximum atomic E-state index is 11.9. The molecule has 1 fully saturated rings. The highest BCUT2D eigenvalue weighted by Crippen LogP contribution is 2.20. The second-order valence-electron chi connectivity index (χ2n) is 6.35. The van der Waals surface area contributed by atoms with E-state index in [9.17, 15) is 9.59 Å². The maximum absolute atomic E-state index is 11.9. The van der Waals surface area contributed by atoms with Crippen LogP contribution >= 0.6 is 15.9 Å². The summed E-state index contributed by atoms with van der Waals surface area (Å²) in [6, 6.07) is 7.12. The van der Waals surface area contributed by atoms with Crippen molar-refractivity contribution in [3.8, 4) is 0 Å². The van der Waals surface area contributed by atoms with Crippen molar-refractivity contribution in [1.29, 1.82) is 0 Å². The minimum atomic E-state index is -0.166. The van der Waals surface area contributed by atoms with Gasteiger partial charge in [-0.15, -0.1) is 0 Å².